The van der Waals surface area contributed by atoms with E-state index in [0.717, 1.165) is 0 Å². The Morgan fingerprint density at radius 1 is 1.15 bits per heavy atom. The second-order valence-electron chi connectivity index (χ2n) is 5.47. The third-order valence-corrected chi connectivity index (χ3v) is 5.44. The number of ether oxygens (including phenoxy) is 2. The molecule has 7 nitrogen and oxygen atoms in total. The van der Waals surface area contributed by atoms with Gasteiger partial charge in [-0.1, -0.05) is 18.7 Å². The number of hydrogen-bond donors (Lipinski definition) is 0. The monoisotopic (exact) mass is 378 g/mol. The van der Waals surface area contributed by atoms with Crippen LogP contribution in [0.5, 0.6) is 5.75 Å². The Kier molecular flexibility index (Phi) is 5.86. The highest BCUT2D eigenvalue weighted by Gasteiger charge is 2.38. The lowest BCUT2D eigenvalue weighted by Crippen LogP contribution is -2.30. The highest BCUT2D eigenvalue weighted by atomic mass is 32.2. The SMILES string of the molecule is C=C(C(=O)OC)C1=C(c2ccc(OC)cc2)C(N(CC)CC)=NS1(=O)=O. The molecule has 0 amide bonds. The molecule has 0 N–H and O–H groups in total. The van der Waals surface area contributed by atoms with E-state index < -0.39 is 16.0 Å². The lowest BCUT2D eigenvalue weighted by Gasteiger charge is -2.22. The highest BCUT2D eigenvalue weighted by Crippen LogP contribution is 2.37. The minimum atomic E-state index is -4.07. The van der Waals surface area contributed by atoms with Crippen molar-refractivity contribution < 1.29 is 22.7 Å². The molecular formula is C18H22N2O5S. The van der Waals surface area contributed by atoms with Crippen LogP contribution < -0.4 is 4.74 Å². The fourth-order valence-corrected chi connectivity index (χ4v) is 4.10. The average molecular weight is 378 g/mol. The zero-order valence-electron chi connectivity index (χ0n) is 15.3. The van der Waals surface area contributed by atoms with Crippen molar-refractivity contribution in [2.24, 2.45) is 4.40 Å². The molecule has 2 rings (SSSR count). The number of nitrogens with zero attached hydrogens (tertiary/aromatic N) is 2. The maximum absolute atomic E-state index is 12.7. The summed E-state index contributed by atoms with van der Waals surface area (Å²) in [5.74, 6) is 0.107. The lowest BCUT2D eigenvalue weighted by atomic mass is 10.0. The zero-order valence-corrected chi connectivity index (χ0v) is 16.1. The standard InChI is InChI=1S/C18H22N2O5S/c1-6-20(7-2)17-15(13-8-10-14(24-4)11-9-13)16(26(22,23)19-17)12(3)18(21)25-5/h8-11H,3,6-7H2,1-2,4-5H3. The molecular weight excluding hydrogens is 356 g/mol. The first-order chi connectivity index (χ1) is 12.3. The molecule has 0 unspecified atom stereocenters. The summed E-state index contributed by atoms with van der Waals surface area (Å²) in [5.41, 5.74) is 0.688. The third-order valence-electron chi connectivity index (χ3n) is 4.06. The van der Waals surface area contributed by atoms with Gasteiger partial charge in [0.1, 0.15) is 10.7 Å². The maximum atomic E-state index is 12.7. The molecule has 140 valence electrons. The molecule has 0 radical (unpaired) electrons. The summed E-state index contributed by atoms with van der Waals surface area (Å²) in [6.45, 7) is 8.55. The third kappa shape index (κ3) is 3.50. The van der Waals surface area contributed by atoms with Gasteiger partial charge in [0.05, 0.1) is 19.8 Å². The Labute approximate surface area is 153 Å². The largest absolute Gasteiger partial charge is 0.497 e. The van der Waals surface area contributed by atoms with Crippen LogP contribution in [0.1, 0.15) is 19.4 Å². The van der Waals surface area contributed by atoms with Crippen molar-refractivity contribution in [3.63, 3.8) is 0 Å². The van der Waals surface area contributed by atoms with Gasteiger partial charge in [-0.3, -0.25) is 0 Å². The van der Waals surface area contributed by atoms with Gasteiger partial charge in [0, 0.05) is 18.7 Å². The predicted molar refractivity (Wildman–Crippen MR) is 100 cm³/mol. The fourth-order valence-electron chi connectivity index (χ4n) is 2.71. The second-order valence-corrected chi connectivity index (χ2v) is 7.01. The zero-order chi connectivity index (χ0) is 19.5. The Morgan fingerprint density at radius 3 is 2.19 bits per heavy atom. The Balaban J connectivity index is 2.76. The van der Waals surface area contributed by atoms with E-state index in [2.05, 4.69) is 15.7 Å². The first kappa shape index (κ1) is 19.7. The van der Waals surface area contributed by atoms with E-state index in [-0.39, 0.29) is 10.5 Å². The molecule has 0 atom stereocenters. The van der Waals surface area contributed by atoms with E-state index in [1.165, 1.54) is 7.11 Å². The van der Waals surface area contributed by atoms with Crippen LogP contribution in [0.3, 0.4) is 0 Å². The maximum Gasteiger partial charge on any atom is 0.338 e. The number of benzene rings is 1. The Hall–Kier alpha value is -2.61. The van der Waals surface area contributed by atoms with Crippen LogP contribution in [0.25, 0.3) is 5.57 Å². The molecule has 1 aromatic carbocycles. The number of hydrogen-bond acceptors (Lipinski definition) is 6. The minimum Gasteiger partial charge on any atom is -0.497 e. The molecule has 0 bridgehead atoms. The first-order valence-corrected chi connectivity index (χ1v) is 9.51. The van der Waals surface area contributed by atoms with Crippen molar-refractivity contribution >= 4 is 27.4 Å². The predicted octanol–water partition coefficient (Wildman–Crippen LogP) is 2.22. The van der Waals surface area contributed by atoms with Gasteiger partial charge in [-0.25, -0.2) is 4.79 Å². The molecule has 8 heteroatoms. The van der Waals surface area contributed by atoms with Crippen LogP contribution in [0.2, 0.25) is 0 Å². The average Bonchev–Trinajstić information content (AvgIpc) is 2.92. The number of esters is 1. The number of amidine groups is 1. The van der Waals surface area contributed by atoms with Crippen LogP contribution in [0.4, 0.5) is 0 Å². The molecule has 26 heavy (non-hydrogen) atoms. The van der Waals surface area contributed by atoms with Gasteiger partial charge in [0.2, 0.25) is 0 Å². The second kappa shape index (κ2) is 7.74. The van der Waals surface area contributed by atoms with Crippen molar-refractivity contribution in [2.75, 3.05) is 27.3 Å². The van der Waals surface area contributed by atoms with Gasteiger partial charge in [0.25, 0.3) is 10.0 Å². The van der Waals surface area contributed by atoms with Gasteiger partial charge in [0.15, 0.2) is 5.84 Å². The molecule has 0 saturated carbocycles. The van der Waals surface area contributed by atoms with E-state index in [1.807, 2.05) is 18.7 Å². The van der Waals surface area contributed by atoms with E-state index >= 15 is 0 Å². The Morgan fingerprint density at radius 2 is 1.73 bits per heavy atom. The van der Waals surface area contributed by atoms with Crippen LogP contribution in [-0.2, 0) is 19.6 Å². The van der Waals surface area contributed by atoms with Crippen LogP contribution in [0.15, 0.2) is 45.7 Å². The van der Waals surface area contributed by atoms with Crippen molar-refractivity contribution in [3.05, 3.63) is 46.9 Å². The number of carbonyl (C=O) groups excluding carboxylic acids is 1. The van der Waals surface area contributed by atoms with Crippen molar-refractivity contribution in [1.29, 1.82) is 0 Å². The topological polar surface area (TPSA) is 85.3 Å². The van der Waals surface area contributed by atoms with Crippen LogP contribution in [-0.4, -0.2) is 52.4 Å². The van der Waals surface area contributed by atoms with E-state index in [4.69, 9.17) is 4.74 Å². The molecule has 0 aliphatic carbocycles. The molecule has 0 fully saturated rings. The number of sulfonamides is 1. The summed E-state index contributed by atoms with van der Waals surface area (Å²) in [7, 11) is -1.36. The number of methoxy groups -OCH3 is 2. The van der Waals surface area contributed by atoms with E-state index in [1.54, 1.807) is 31.4 Å². The lowest BCUT2D eigenvalue weighted by molar-refractivity contribution is -0.135. The van der Waals surface area contributed by atoms with Crippen molar-refractivity contribution in [1.82, 2.24) is 4.90 Å². The van der Waals surface area contributed by atoms with Gasteiger partial charge in [-0.05, 0) is 31.5 Å². The van der Waals surface area contributed by atoms with E-state index in [9.17, 15) is 13.2 Å². The van der Waals surface area contributed by atoms with Gasteiger partial charge < -0.3 is 14.4 Å². The summed E-state index contributed by atoms with van der Waals surface area (Å²) in [5, 5.41) is 0. The van der Waals surface area contributed by atoms with Gasteiger partial charge in [-0.2, -0.15) is 8.42 Å². The number of rotatable bonds is 6. The first-order valence-electron chi connectivity index (χ1n) is 8.07. The smallest absolute Gasteiger partial charge is 0.338 e. The van der Waals surface area contributed by atoms with Crippen molar-refractivity contribution in [3.8, 4) is 5.75 Å². The van der Waals surface area contributed by atoms with Crippen molar-refractivity contribution in [2.45, 2.75) is 13.8 Å². The highest BCUT2D eigenvalue weighted by molar-refractivity contribution is 7.95. The number of likely N-dealkylation sites (N-methyl/N-ethyl adjacent to an activating group) is 1. The fraction of sp³-hybridized carbons (Fsp3) is 0.333. The van der Waals surface area contributed by atoms with Crippen LogP contribution >= 0.6 is 0 Å². The number of carbonyl (C=O) groups is 1. The summed E-state index contributed by atoms with van der Waals surface area (Å²) in [6, 6.07) is 6.87. The molecule has 1 aromatic rings. The summed E-state index contributed by atoms with van der Waals surface area (Å²) < 4.78 is 39.2. The van der Waals surface area contributed by atoms with Crippen LogP contribution in [0, 0.1) is 0 Å². The summed E-state index contributed by atoms with van der Waals surface area (Å²) in [6.07, 6.45) is 0. The van der Waals surface area contributed by atoms with E-state index in [0.29, 0.717) is 35.8 Å². The molecule has 1 aliphatic rings. The van der Waals surface area contributed by atoms with Gasteiger partial charge >= 0.3 is 5.97 Å². The quantitative estimate of drug-likeness (QED) is 0.557. The summed E-state index contributed by atoms with van der Waals surface area (Å²) >= 11 is 0. The minimum absolute atomic E-state index is 0.226. The normalized spacial score (nSPS) is 15.5. The molecule has 1 aliphatic heterocycles. The molecule has 0 aromatic heterocycles. The van der Waals surface area contributed by atoms with Gasteiger partial charge in [-0.15, -0.1) is 4.40 Å². The summed E-state index contributed by atoms with van der Waals surface area (Å²) in [4.78, 5) is 13.6. The molecule has 0 saturated heterocycles. The Bertz CT molecular complexity index is 879. The molecule has 1 heterocycles. The molecule has 0 spiro atoms.